The molecule has 2 aliphatic rings. The highest BCUT2D eigenvalue weighted by molar-refractivity contribution is 4.88. The standard InChI is InChI=1S/C11H22N2/c1-2-8-13(10-4-3-5-10)11-6-7-12-9-11/h10-12H,2-9H2,1H3. The van der Waals surface area contributed by atoms with Crippen molar-refractivity contribution in [2.75, 3.05) is 19.6 Å². The first-order valence-electron chi connectivity index (χ1n) is 5.88. The van der Waals surface area contributed by atoms with E-state index >= 15 is 0 Å². The Labute approximate surface area is 81.7 Å². The van der Waals surface area contributed by atoms with Crippen molar-refractivity contribution >= 4 is 0 Å². The Bertz CT molecular complexity index is 148. The highest BCUT2D eigenvalue weighted by atomic mass is 15.2. The van der Waals surface area contributed by atoms with E-state index in [9.17, 15) is 0 Å². The minimum absolute atomic E-state index is 0.852. The summed E-state index contributed by atoms with van der Waals surface area (Å²) in [6, 6.07) is 1.79. The molecule has 2 fully saturated rings. The van der Waals surface area contributed by atoms with Crippen LogP contribution in [0.2, 0.25) is 0 Å². The molecule has 1 saturated carbocycles. The molecular weight excluding hydrogens is 160 g/mol. The molecule has 76 valence electrons. The summed E-state index contributed by atoms with van der Waals surface area (Å²) >= 11 is 0. The molecule has 0 bridgehead atoms. The molecule has 1 heterocycles. The Balaban J connectivity index is 1.86. The normalized spacial score (nSPS) is 29.5. The summed E-state index contributed by atoms with van der Waals surface area (Å²) in [6.07, 6.45) is 7.06. The van der Waals surface area contributed by atoms with Crippen LogP contribution in [-0.4, -0.2) is 36.6 Å². The quantitative estimate of drug-likeness (QED) is 0.710. The van der Waals surface area contributed by atoms with E-state index in [0.717, 1.165) is 12.1 Å². The van der Waals surface area contributed by atoms with Crippen LogP contribution in [0.1, 0.15) is 39.0 Å². The molecule has 13 heavy (non-hydrogen) atoms. The summed E-state index contributed by atoms with van der Waals surface area (Å²) in [6.45, 7) is 6.08. The molecule has 2 nitrogen and oxygen atoms in total. The molecule has 1 saturated heterocycles. The second-order valence-corrected chi connectivity index (χ2v) is 4.47. The predicted octanol–water partition coefficient (Wildman–Crippen LogP) is 1.61. The highest BCUT2D eigenvalue weighted by Gasteiger charge is 2.31. The van der Waals surface area contributed by atoms with Crippen LogP contribution in [0.25, 0.3) is 0 Å². The van der Waals surface area contributed by atoms with Crippen LogP contribution in [0.4, 0.5) is 0 Å². The van der Waals surface area contributed by atoms with Crippen LogP contribution in [0.5, 0.6) is 0 Å². The van der Waals surface area contributed by atoms with Gasteiger partial charge in [0, 0.05) is 18.6 Å². The fraction of sp³-hybridized carbons (Fsp3) is 1.00. The van der Waals surface area contributed by atoms with Crippen molar-refractivity contribution in [3.8, 4) is 0 Å². The number of hydrogen-bond donors (Lipinski definition) is 1. The van der Waals surface area contributed by atoms with E-state index in [1.54, 1.807) is 0 Å². The maximum Gasteiger partial charge on any atom is 0.0235 e. The van der Waals surface area contributed by atoms with Gasteiger partial charge in [0.15, 0.2) is 0 Å². The summed E-state index contributed by atoms with van der Waals surface area (Å²) < 4.78 is 0. The van der Waals surface area contributed by atoms with Gasteiger partial charge in [-0.25, -0.2) is 0 Å². The van der Waals surface area contributed by atoms with Crippen molar-refractivity contribution in [2.45, 2.75) is 51.1 Å². The van der Waals surface area contributed by atoms with Gasteiger partial charge in [-0.05, 0) is 38.8 Å². The predicted molar refractivity (Wildman–Crippen MR) is 55.9 cm³/mol. The monoisotopic (exact) mass is 182 g/mol. The van der Waals surface area contributed by atoms with Gasteiger partial charge in [-0.3, -0.25) is 4.90 Å². The van der Waals surface area contributed by atoms with Gasteiger partial charge in [0.2, 0.25) is 0 Å². The van der Waals surface area contributed by atoms with Gasteiger partial charge in [0.05, 0.1) is 0 Å². The van der Waals surface area contributed by atoms with Gasteiger partial charge in [-0.2, -0.15) is 0 Å². The second kappa shape index (κ2) is 4.43. The minimum atomic E-state index is 0.852. The van der Waals surface area contributed by atoms with Gasteiger partial charge in [0.25, 0.3) is 0 Å². The fourth-order valence-electron chi connectivity index (χ4n) is 2.56. The smallest absolute Gasteiger partial charge is 0.0235 e. The molecule has 2 rings (SSSR count). The van der Waals surface area contributed by atoms with Crippen molar-refractivity contribution < 1.29 is 0 Å². The van der Waals surface area contributed by atoms with Crippen LogP contribution in [0, 0.1) is 0 Å². The molecular formula is C11H22N2. The fourth-order valence-corrected chi connectivity index (χ4v) is 2.56. The lowest BCUT2D eigenvalue weighted by Gasteiger charge is -2.41. The van der Waals surface area contributed by atoms with E-state index in [-0.39, 0.29) is 0 Å². The summed E-state index contributed by atoms with van der Waals surface area (Å²) in [5.41, 5.74) is 0. The Morgan fingerprint density at radius 2 is 2.08 bits per heavy atom. The third kappa shape index (κ3) is 2.05. The van der Waals surface area contributed by atoms with Crippen molar-refractivity contribution in [1.82, 2.24) is 10.2 Å². The first-order valence-corrected chi connectivity index (χ1v) is 5.88. The third-order valence-corrected chi connectivity index (χ3v) is 3.53. The molecule has 2 heteroatoms. The number of rotatable bonds is 4. The van der Waals surface area contributed by atoms with Crippen LogP contribution in [0.3, 0.4) is 0 Å². The van der Waals surface area contributed by atoms with Crippen LogP contribution >= 0.6 is 0 Å². The first kappa shape index (κ1) is 9.47. The van der Waals surface area contributed by atoms with E-state index in [2.05, 4.69) is 17.1 Å². The van der Waals surface area contributed by atoms with Crippen molar-refractivity contribution in [1.29, 1.82) is 0 Å². The van der Waals surface area contributed by atoms with E-state index in [0.29, 0.717) is 0 Å². The van der Waals surface area contributed by atoms with E-state index in [4.69, 9.17) is 0 Å². The molecule has 0 radical (unpaired) electrons. The van der Waals surface area contributed by atoms with Gasteiger partial charge < -0.3 is 5.32 Å². The molecule has 0 aromatic rings. The number of hydrogen-bond acceptors (Lipinski definition) is 2. The summed E-state index contributed by atoms with van der Waals surface area (Å²) in [5.74, 6) is 0. The number of nitrogens with one attached hydrogen (secondary N) is 1. The maximum absolute atomic E-state index is 3.47. The van der Waals surface area contributed by atoms with Crippen molar-refractivity contribution in [3.63, 3.8) is 0 Å². The average Bonchev–Trinajstić information content (AvgIpc) is 2.51. The molecule has 1 unspecified atom stereocenters. The van der Waals surface area contributed by atoms with E-state index in [1.807, 2.05) is 0 Å². The molecule has 1 aliphatic heterocycles. The second-order valence-electron chi connectivity index (χ2n) is 4.47. The Kier molecular flexibility index (Phi) is 3.23. The Hall–Kier alpha value is -0.0800. The minimum Gasteiger partial charge on any atom is -0.315 e. The van der Waals surface area contributed by atoms with Crippen molar-refractivity contribution in [3.05, 3.63) is 0 Å². The SMILES string of the molecule is CCCN(C1CCC1)C1CCNC1. The molecule has 0 spiro atoms. The van der Waals surface area contributed by atoms with Gasteiger partial charge >= 0.3 is 0 Å². The summed E-state index contributed by atoms with van der Waals surface area (Å²) in [7, 11) is 0. The largest absolute Gasteiger partial charge is 0.315 e. The van der Waals surface area contributed by atoms with Crippen LogP contribution in [0.15, 0.2) is 0 Å². The van der Waals surface area contributed by atoms with E-state index in [1.165, 1.54) is 51.7 Å². The maximum atomic E-state index is 3.47. The average molecular weight is 182 g/mol. The molecule has 1 atom stereocenters. The molecule has 1 N–H and O–H groups in total. The lowest BCUT2D eigenvalue weighted by atomic mass is 9.90. The lowest BCUT2D eigenvalue weighted by molar-refractivity contribution is 0.0872. The van der Waals surface area contributed by atoms with E-state index < -0.39 is 0 Å². The molecule has 0 amide bonds. The summed E-state index contributed by atoms with van der Waals surface area (Å²) in [4.78, 5) is 2.77. The zero-order valence-electron chi connectivity index (χ0n) is 8.76. The Morgan fingerprint density at radius 1 is 1.23 bits per heavy atom. The van der Waals surface area contributed by atoms with Gasteiger partial charge in [-0.15, -0.1) is 0 Å². The molecule has 0 aromatic carbocycles. The summed E-state index contributed by atoms with van der Waals surface area (Å²) in [5, 5.41) is 3.47. The first-order chi connectivity index (χ1) is 6.42. The topological polar surface area (TPSA) is 15.3 Å². The molecule has 1 aliphatic carbocycles. The third-order valence-electron chi connectivity index (χ3n) is 3.53. The highest BCUT2D eigenvalue weighted by Crippen LogP contribution is 2.28. The zero-order valence-corrected chi connectivity index (χ0v) is 8.76. The van der Waals surface area contributed by atoms with Crippen LogP contribution < -0.4 is 5.32 Å². The van der Waals surface area contributed by atoms with Crippen molar-refractivity contribution in [2.24, 2.45) is 0 Å². The lowest BCUT2D eigenvalue weighted by Crippen LogP contribution is -2.47. The van der Waals surface area contributed by atoms with Gasteiger partial charge in [-0.1, -0.05) is 13.3 Å². The van der Waals surface area contributed by atoms with Crippen LogP contribution in [-0.2, 0) is 0 Å². The Morgan fingerprint density at radius 3 is 2.54 bits per heavy atom. The molecule has 0 aromatic heterocycles. The van der Waals surface area contributed by atoms with Gasteiger partial charge in [0.1, 0.15) is 0 Å². The number of nitrogens with zero attached hydrogens (tertiary/aromatic N) is 1. The zero-order chi connectivity index (χ0) is 9.10.